The van der Waals surface area contributed by atoms with Gasteiger partial charge in [0.15, 0.2) is 6.04 Å². The lowest BCUT2D eigenvalue weighted by Gasteiger charge is -2.20. The number of carbonyl (C=O) groups is 1. The minimum absolute atomic E-state index is 0.0303. The monoisotopic (exact) mass is 397 g/mol. The standard InChI is InChI=1S/C20H20ClF3N2O/c21-16-11-10-14(20(22,23)24)12-17(16)26-19(27)18(13-6-2-1-3-7-13)25-15-8-4-5-9-15/h1-3,6-7,10-12,15,18,25H,4-5,8-9H2,(H,26,27)/p+1/t18-/m0/s1. The molecule has 3 rings (SSSR count). The molecule has 3 nitrogen and oxygen atoms in total. The van der Waals surface area contributed by atoms with Gasteiger partial charge in [-0.05, 0) is 43.9 Å². The third kappa shape index (κ3) is 5.02. The number of hydrogen-bond acceptors (Lipinski definition) is 1. The van der Waals surface area contributed by atoms with Crippen molar-refractivity contribution in [3.63, 3.8) is 0 Å². The lowest BCUT2D eigenvalue weighted by atomic mass is 10.0. The van der Waals surface area contributed by atoms with E-state index in [9.17, 15) is 18.0 Å². The number of halogens is 4. The summed E-state index contributed by atoms with van der Waals surface area (Å²) in [5, 5.41) is 4.68. The van der Waals surface area contributed by atoms with Crippen molar-refractivity contribution in [1.29, 1.82) is 0 Å². The van der Waals surface area contributed by atoms with Crippen LogP contribution in [0.2, 0.25) is 5.02 Å². The molecule has 0 spiro atoms. The maximum absolute atomic E-state index is 13.0. The molecule has 0 heterocycles. The predicted molar refractivity (Wildman–Crippen MR) is 98.4 cm³/mol. The molecule has 1 aliphatic carbocycles. The van der Waals surface area contributed by atoms with Crippen LogP contribution in [0.5, 0.6) is 0 Å². The van der Waals surface area contributed by atoms with Crippen molar-refractivity contribution in [3.05, 3.63) is 64.7 Å². The van der Waals surface area contributed by atoms with Gasteiger partial charge in [0.2, 0.25) is 0 Å². The van der Waals surface area contributed by atoms with Crippen molar-refractivity contribution in [1.82, 2.24) is 0 Å². The molecule has 1 fully saturated rings. The van der Waals surface area contributed by atoms with Crippen molar-refractivity contribution in [3.8, 4) is 0 Å². The highest BCUT2D eigenvalue weighted by atomic mass is 35.5. The second-order valence-corrected chi connectivity index (χ2v) is 7.21. The summed E-state index contributed by atoms with van der Waals surface area (Å²) in [4.78, 5) is 12.9. The fourth-order valence-corrected chi connectivity index (χ4v) is 3.60. The van der Waals surface area contributed by atoms with Crippen molar-refractivity contribution in [2.75, 3.05) is 5.32 Å². The van der Waals surface area contributed by atoms with Gasteiger partial charge in [-0.15, -0.1) is 0 Å². The van der Waals surface area contributed by atoms with Gasteiger partial charge in [-0.1, -0.05) is 41.9 Å². The van der Waals surface area contributed by atoms with Crippen LogP contribution in [-0.4, -0.2) is 11.9 Å². The summed E-state index contributed by atoms with van der Waals surface area (Å²) in [6.45, 7) is 0. The molecular formula is C20H21ClF3N2O+. The summed E-state index contributed by atoms with van der Waals surface area (Å²) in [6.07, 6.45) is -0.186. The van der Waals surface area contributed by atoms with Crippen LogP contribution in [-0.2, 0) is 11.0 Å². The van der Waals surface area contributed by atoms with Gasteiger partial charge in [-0.3, -0.25) is 4.79 Å². The third-order valence-electron chi connectivity index (χ3n) is 4.86. The summed E-state index contributed by atoms with van der Waals surface area (Å²) >= 11 is 6.02. The number of rotatable bonds is 5. The van der Waals surface area contributed by atoms with Crippen LogP contribution in [0.4, 0.5) is 18.9 Å². The fraction of sp³-hybridized carbons (Fsp3) is 0.350. The zero-order valence-corrected chi connectivity index (χ0v) is 15.4. The van der Waals surface area contributed by atoms with Crippen LogP contribution in [0, 0.1) is 0 Å². The molecule has 0 saturated heterocycles. The first-order valence-corrected chi connectivity index (χ1v) is 9.30. The van der Waals surface area contributed by atoms with Gasteiger partial charge in [0.05, 0.1) is 22.3 Å². The number of amides is 1. The second-order valence-electron chi connectivity index (χ2n) is 6.81. The molecule has 0 bridgehead atoms. The van der Waals surface area contributed by atoms with Crippen LogP contribution in [0.3, 0.4) is 0 Å². The number of nitrogens with two attached hydrogens (primary N) is 1. The number of hydrogen-bond donors (Lipinski definition) is 2. The molecular weight excluding hydrogens is 377 g/mol. The molecule has 3 N–H and O–H groups in total. The third-order valence-corrected chi connectivity index (χ3v) is 5.19. The molecule has 27 heavy (non-hydrogen) atoms. The van der Waals surface area contributed by atoms with Crippen LogP contribution < -0.4 is 10.6 Å². The van der Waals surface area contributed by atoms with Crippen molar-refractivity contribution < 1.29 is 23.3 Å². The Morgan fingerprint density at radius 3 is 2.41 bits per heavy atom. The van der Waals surface area contributed by atoms with Gasteiger partial charge in [0.25, 0.3) is 5.91 Å². The highest BCUT2D eigenvalue weighted by Gasteiger charge is 2.33. The molecule has 2 aromatic carbocycles. The van der Waals surface area contributed by atoms with E-state index in [4.69, 9.17) is 11.6 Å². The van der Waals surface area contributed by atoms with E-state index in [2.05, 4.69) is 5.32 Å². The van der Waals surface area contributed by atoms with E-state index >= 15 is 0 Å². The van der Waals surface area contributed by atoms with Gasteiger partial charge >= 0.3 is 6.18 Å². The first-order valence-electron chi connectivity index (χ1n) is 8.92. The van der Waals surface area contributed by atoms with Gasteiger partial charge in [0.1, 0.15) is 0 Å². The molecule has 0 aliphatic heterocycles. The number of carbonyl (C=O) groups excluding carboxylic acids is 1. The molecule has 1 amide bonds. The molecule has 0 radical (unpaired) electrons. The predicted octanol–water partition coefficient (Wildman–Crippen LogP) is 4.54. The van der Waals surface area contributed by atoms with E-state index in [-0.39, 0.29) is 16.6 Å². The molecule has 1 saturated carbocycles. The average Bonchev–Trinajstić information content (AvgIpc) is 3.14. The maximum Gasteiger partial charge on any atom is 0.416 e. The number of quaternary nitrogens is 1. The number of alkyl halides is 3. The summed E-state index contributed by atoms with van der Waals surface area (Å²) in [5.74, 6) is -0.380. The largest absolute Gasteiger partial charge is 0.416 e. The fourth-order valence-electron chi connectivity index (χ4n) is 3.44. The van der Waals surface area contributed by atoms with Gasteiger partial charge in [-0.25, -0.2) is 0 Å². The highest BCUT2D eigenvalue weighted by molar-refractivity contribution is 6.33. The molecule has 0 unspecified atom stereocenters. The Bertz CT molecular complexity index is 790. The molecule has 1 aliphatic rings. The van der Waals surface area contributed by atoms with E-state index < -0.39 is 17.8 Å². The smallest absolute Gasteiger partial charge is 0.330 e. The summed E-state index contributed by atoms with van der Waals surface area (Å²) in [6, 6.07) is 12.0. The van der Waals surface area contributed by atoms with Crippen molar-refractivity contribution in [2.45, 2.75) is 43.9 Å². The van der Waals surface area contributed by atoms with Crippen LogP contribution in [0.15, 0.2) is 48.5 Å². The Hall–Kier alpha value is -2.05. The van der Waals surface area contributed by atoms with Crippen molar-refractivity contribution in [2.24, 2.45) is 0 Å². The molecule has 144 valence electrons. The summed E-state index contributed by atoms with van der Waals surface area (Å²) < 4.78 is 38.9. The van der Waals surface area contributed by atoms with E-state index in [1.54, 1.807) is 0 Å². The normalized spacial score (nSPS) is 16.3. The Kier molecular flexibility index (Phi) is 6.07. The van der Waals surface area contributed by atoms with Crippen LogP contribution >= 0.6 is 11.6 Å². The Morgan fingerprint density at radius 2 is 1.78 bits per heavy atom. The molecule has 2 aromatic rings. The van der Waals surface area contributed by atoms with E-state index in [1.807, 2.05) is 35.6 Å². The van der Waals surface area contributed by atoms with Crippen LogP contribution in [0.25, 0.3) is 0 Å². The lowest BCUT2D eigenvalue weighted by molar-refractivity contribution is -0.714. The maximum atomic E-state index is 13.0. The van der Waals surface area contributed by atoms with E-state index in [1.165, 1.54) is 0 Å². The highest BCUT2D eigenvalue weighted by Crippen LogP contribution is 2.34. The average molecular weight is 398 g/mol. The minimum atomic E-state index is -4.50. The summed E-state index contributed by atoms with van der Waals surface area (Å²) in [7, 11) is 0. The van der Waals surface area contributed by atoms with Gasteiger partial charge < -0.3 is 10.6 Å². The van der Waals surface area contributed by atoms with Gasteiger partial charge in [-0.2, -0.15) is 13.2 Å². The zero-order chi connectivity index (χ0) is 19.4. The number of anilines is 1. The Balaban J connectivity index is 1.84. The van der Waals surface area contributed by atoms with E-state index in [0.717, 1.165) is 49.4 Å². The minimum Gasteiger partial charge on any atom is -0.330 e. The van der Waals surface area contributed by atoms with E-state index in [0.29, 0.717) is 6.04 Å². The molecule has 7 heteroatoms. The Morgan fingerprint density at radius 1 is 1.11 bits per heavy atom. The lowest BCUT2D eigenvalue weighted by Crippen LogP contribution is -2.92. The Labute approximate surface area is 160 Å². The first kappa shape index (κ1) is 19.7. The van der Waals surface area contributed by atoms with Crippen molar-refractivity contribution >= 4 is 23.2 Å². The molecule has 1 atom stereocenters. The molecule has 0 aromatic heterocycles. The number of nitrogens with one attached hydrogen (secondary N) is 1. The van der Waals surface area contributed by atoms with Gasteiger partial charge in [0, 0.05) is 5.56 Å². The van der Waals surface area contributed by atoms with Crippen LogP contribution in [0.1, 0.15) is 42.9 Å². The first-order chi connectivity index (χ1) is 12.8. The topological polar surface area (TPSA) is 45.7 Å². The quantitative estimate of drug-likeness (QED) is 0.764. The summed E-state index contributed by atoms with van der Waals surface area (Å²) in [5.41, 5.74) is -0.0690. The SMILES string of the molecule is O=C(Nc1cc(C(F)(F)F)ccc1Cl)[C@@H]([NH2+]C1CCCC1)c1ccccc1. The zero-order valence-electron chi connectivity index (χ0n) is 14.6. The number of benzene rings is 2. The second kappa shape index (κ2) is 8.31.